The van der Waals surface area contributed by atoms with Crippen LogP contribution in [0, 0.1) is 11.8 Å². The maximum absolute atomic E-state index is 12.2. The highest BCUT2D eigenvalue weighted by atomic mass is 16.2. The van der Waals surface area contributed by atoms with Gasteiger partial charge in [-0.3, -0.25) is 15.0 Å². The van der Waals surface area contributed by atoms with Gasteiger partial charge < -0.3 is 0 Å². The molecule has 0 radical (unpaired) electrons. The first kappa shape index (κ1) is 16.8. The Morgan fingerprint density at radius 3 is 2.29 bits per heavy atom. The minimum atomic E-state index is -0.518. The molecule has 21 heavy (non-hydrogen) atoms. The number of nitrogens with one attached hydrogen (secondary N) is 1. The van der Waals surface area contributed by atoms with Crippen molar-refractivity contribution in [3.05, 3.63) is 35.9 Å². The lowest BCUT2D eigenvalue weighted by atomic mass is 10.1. The molecule has 0 saturated heterocycles. The van der Waals surface area contributed by atoms with Gasteiger partial charge >= 0.3 is 0 Å². The molecule has 0 fully saturated rings. The van der Waals surface area contributed by atoms with E-state index in [1.165, 1.54) is 5.01 Å². The van der Waals surface area contributed by atoms with Crippen LogP contribution in [-0.2, 0) is 4.79 Å². The van der Waals surface area contributed by atoms with Gasteiger partial charge in [0.25, 0.3) is 11.8 Å². The van der Waals surface area contributed by atoms with Gasteiger partial charge in [0.15, 0.2) is 0 Å². The van der Waals surface area contributed by atoms with Crippen molar-refractivity contribution in [1.82, 2.24) is 10.4 Å². The van der Waals surface area contributed by atoms with Crippen LogP contribution in [0.15, 0.2) is 30.3 Å². The molecule has 0 aliphatic heterocycles. The van der Waals surface area contributed by atoms with Crippen LogP contribution < -0.4 is 5.43 Å². The molecule has 0 aliphatic rings. The Hall–Kier alpha value is -2.28. The summed E-state index contributed by atoms with van der Waals surface area (Å²) in [7, 11) is 0. The van der Waals surface area contributed by atoms with Crippen molar-refractivity contribution >= 4 is 11.8 Å². The third-order valence-electron chi connectivity index (χ3n) is 2.71. The number of carbonyl (C=O) groups is 2. The van der Waals surface area contributed by atoms with E-state index in [0.717, 1.165) is 0 Å². The van der Waals surface area contributed by atoms with Crippen LogP contribution in [-0.4, -0.2) is 22.4 Å². The molecular weight excluding hydrogens is 264 g/mol. The molecule has 112 valence electrons. The minimum absolute atomic E-state index is 0.0974. The van der Waals surface area contributed by atoms with Gasteiger partial charge in [-0.15, -0.1) is 5.92 Å². The minimum Gasteiger partial charge on any atom is -0.272 e. The van der Waals surface area contributed by atoms with E-state index in [2.05, 4.69) is 17.3 Å². The zero-order valence-electron chi connectivity index (χ0n) is 13.1. The molecule has 0 bridgehead atoms. The normalized spacial score (nSPS) is 10.3. The van der Waals surface area contributed by atoms with E-state index >= 15 is 0 Å². The maximum atomic E-state index is 12.2. The predicted molar refractivity (Wildman–Crippen MR) is 83.2 cm³/mol. The molecule has 1 rings (SSSR count). The summed E-state index contributed by atoms with van der Waals surface area (Å²) in [5, 5.41) is 1.35. The van der Waals surface area contributed by atoms with Crippen molar-refractivity contribution in [3.8, 4) is 11.8 Å². The summed E-state index contributed by atoms with van der Waals surface area (Å²) in [6.45, 7) is 7.52. The zero-order chi connectivity index (χ0) is 15.9. The summed E-state index contributed by atoms with van der Waals surface area (Å²) in [6, 6.07) is 8.81. The van der Waals surface area contributed by atoms with Gasteiger partial charge in [-0.25, -0.2) is 5.01 Å². The summed E-state index contributed by atoms with van der Waals surface area (Å²) in [5.74, 6) is 5.15. The highest BCUT2D eigenvalue weighted by molar-refractivity contribution is 5.95. The Kier molecular flexibility index (Phi) is 5.98. The number of benzene rings is 1. The summed E-state index contributed by atoms with van der Waals surface area (Å²) >= 11 is 0. The van der Waals surface area contributed by atoms with Crippen molar-refractivity contribution in [2.75, 3.05) is 0 Å². The third-order valence-corrected chi connectivity index (χ3v) is 2.71. The lowest BCUT2D eigenvalue weighted by Gasteiger charge is -2.35. The largest absolute Gasteiger partial charge is 0.272 e. The van der Waals surface area contributed by atoms with Crippen LogP contribution in [0.3, 0.4) is 0 Å². The van der Waals surface area contributed by atoms with E-state index in [-0.39, 0.29) is 18.2 Å². The standard InChI is InChI=1S/C17H22N2O2/c1-5-6-8-13-15(20)19(17(2,3)4)18-16(21)14-11-9-7-10-12-14/h7,9-12H,5,13H2,1-4H3,(H,18,21). The number of nitrogens with zero attached hydrogens (tertiary/aromatic N) is 1. The van der Waals surface area contributed by atoms with E-state index in [1.807, 2.05) is 33.8 Å². The number of rotatable bonds is 2. The van der Waals surface area contributed by atoms with Crippen LogP contribution in [0.2, 0.25) is 0 Å². The van der Waals surface area contributed by atoms with Gasteiger partial charge in [-0.2, -0.15) is 0 Å². The maximum Gasteiger partial charge on any atom is 0.269 e. The van der Waals surface area contributed by atoms with Crippen LogP contribution in [0.4, 0.5) is 0 Å². The molecule has 4 heteroatoms. The fraction of sp³-hybridized carbons (Fsp3) is 0.412. The third kappa shape index (κ3) is 5.31. The number of hydrogen-bond acceptors (Lipinski definition) is 2. The van der Waals surface area contributed by atoms with E-state index in [0.29, 0.717) is 12.0 Å². The van der Waals surface area contributed by atoms with Gasteiger partial charge in [0.1, 0.15) is 0 Å². The van der Waals surface area contributed by atoms with Crippen LogP contribution >= 0.6 is 0 Å². The first-order valence-electron chi connectivity index (χ1n) is 7.01. The Labute approximate surface area is 126 Å². The summed E-state index contributed by atoms with van der Waals surface area (Å²) in [4.78, 5) is 24.4. The Bertz CT molecular complexity index is 548. The summed E-state index contributed by atoms with van der Waals surface area (Å²) < 4.78 is 0. The molecule has 0 saturated carbocycles. The number of hydrogen-bond donors (Lipinski definition) is 1. The number of amides is 2. The smallest absolute Gasteiger partial charge is 0.269 e. The van der Waals surface area contributed by atoms with Crippen molar-refractivity contribution in [1.29, 1.82) is 0 Å². The lowest BCUT2D eigenvalue weighted by molar-refractivity contribution is -0.138. The summed E-state index contributed by atoms with van der Waals surface area (Å²) in [5.41, 5.74) is 2.67. The molecule has 0 spiro atoms. The van der Waals surface area contributed by atoms with E-state index in [1.54, 1.807) is 24.3 Å². The molecular formula is C17H22N2O2. The molecule has 2 amide bonds. The van der Waals surface area contributed by atoms with Gasteiger partial charge in [0.05, 0.1) is 12.0 Å². The van der Waals surface area contributed by atoms with Crippen LogP contribution in [0.25, 0.3) is 0 Å². The van der Waals surface area contributed by atoms with Crippen molar-refractivity contribution < 1.29 is 9.59 Å². The molecule has 0 atom stereocenters. The highest BCUT2D eigenvalue weighted by Crippen LogP contribution is 2.12. The summed E-state index contributed by atoms with van der Waals surface area (Å²) in [6.07, 6.45) is 0.805. The molecule has 0 heterocycles. The number of carbonyl (C=O) groups excluding carboxylic acids is 2. The molecule has 1 aromatic carbocycles. The predicted octanol–water partition coefficient (Wildman–Crippen LogP) is 2.76. The van der Waals surface area contributed by atoms with Gasteiger partial charge in [-0.1, -0.05) is 31.0 Å². The molecule has 1 N–H and O–H groups in total. The molecule has 1 aromatic rings. The second-order valence-electron chi connectivity index (χ2n) is 5.59. The van der Waals surface area contributed by atoms with Crippen LogP contribution in [0.5, 0.6) is 0 Å². The Balaban J connectivity index is 2.85. The van der Waals surface area contributed by atoms with E-state index in [4.69, 9.17) is 0 Å². The van der Waals surface area contributed by atoms with Crippen LogP contribution in [0.1, 0.15) is 50.9 Å². The molecule has 0 aromatic heterocycles. The SMILES string of the molecule is CCC#CCC(=O)N(NC(=O)c1ccccc1)C(C)(C)C. The van der Waals surface area contributed by atoms with Crippen molar-refractivity contribution in [3.63, 3.8) is 0 Å². The fourth-order valence-electron chi connectivity index (χ4n) is 1.70. The first-order chi connectivity index (χ1) is 9.86. The second-order valence-corrected chi connectivity index (χ2v) is 5.59. The van der Waals surface area contributed by atoms with Crippen molar-refractivity contribution in [2.45, 2.75) is 46.1 Å². The zero-order valence-corrected chi connectivity index (χ0v) is 13.1. The number of hydrazine groups is 1. The van der Waals surface area contributed by atoms with E-state index < -0.39 is 5.54 Å². The van der Waals surface area contributed by atoms with Crippen molar-refractivity contribution in [2.24, 2.45) is 0 Å². The molecule has 4 nitrogen and oxygen atoms in total. The Morgan fingerprint density at radius 2 is 1.76 bits per heavy atom. The van der Waals surface area contributed by atoms with Gasteiger partial charge in [-0.05, 0) is 32.9 Å². The molecule has 0 unspecified atom stereocenters. The Morgan fingerprint density at radius 1 is 1.14 bits per heavy atom. The topological polar surface area (TPSA) is 49.4 Å². The highest BCUT2D eigenvalue weighted by Gasteiger charge is 2.27. The van der Waals surface area contributed by atoms with E-state index in [9.17, 15) is 9.59 Å². The quantitative estimate of drug-likeness (QED) is 0.671. The first-order valence-corrected chi connectivity index (χ1v) is 7.01. The fourth-order valence-corrected chi connectivity index (χ4v) is 1.70. The molecule has 0 aliphatic carbocycles. The van der Waals surface area contributed by atoms with Gasteiger partial charge in [0.2, 0.25) is 0 Å². The average molecular weight is 286 g/mol. The average Bonchev–Trinajstić information content (AvgIpc) is 2.44. The lowest BCUT2D eigenvalue weighted by Crippen LogP contribution is -2.55. The second kappa shape index (κ2) is 7.49. The van der Waals surface area contributed by atoms with Gasteiger partial charge in [0, 0.05) is 12.0 Å². The monoisotopic (exact) mass is 286 g/mol.